The molecule has 0 amide bonds. The second kappa shape index (κ2) is 6.54. The molecule has 1 aliphatic rings. The summed E-state index contributed by atoms with van der Waals surface area (Å²) in [5.41, 5.74) is 1.40. The molecular weight excluding hydrogens is 272 g/mol. The third kappa shape index (κ3) is 3.93. The van der Waals surface area contributed by atoms with Crippen LogP contribution in [0.2, 0.25) is 0 Å². The zero-order valence-corrected chi connectivity index (χ0v) is 13.5. The molecule has 0 saturated carbocycles. The van der Waals surface area contributed by atoms with Gasteiger partial charge in [0.15, 0.2) is 5.96 Å². The molecule has 1 saturated heterocycles. The molecule has 0 aliphatic carbocycles. The zero-order valence-electron chi connectivity index (χ0n) is 12.7. The van der Waals surface area contributed by atoms with Crippen molar-refractivity contribution in [3.8, 4) is 0 Å². The molecule has 2 rings (SSSR count). The van der Waals surface area contributed by atoms with Gasteiger partial charge in [0.25, 0.3) is 0 Å². The van der Waals surface area contributed by atoms with E-state index in [2.05, 4.69) is 46.8 Å². The Kier molecular flexibility index (Phi) is 4.99. The SMILES string of the molecule is CN=C(NCc1nc(C(C)C)cs1)NCC1(C)COC1. The normalized spacial score (nSPS) is 17.9. The summed E-state index contributed by atoms with van der Waals surface area (Å²) in [6.07, 6.45) is 0. The van der Waals surface area contributed by atoms with Crippen molar-refractivity contribution >= 4 is 17.3 Å². The van der Waals surface area contributed by atoms with Gasteiger partial charge in [0.1, 0.15) is 5.01 Å². The molecule has 1 fully saturated rings. The molecular formula is C14H24N4OS. The second-order valence-electron chi connectivity index (χ2n) is 5.90. The first-order valence-corrected chi connectivity index (χ1v) is 7.87. The van der Waals surface area contributed by atoms with Gasteiger partial charge < -0.3 is 15.4 Å². The minimum atomic E-state index is 0.240. The van der Waals surface area contributed by atoms with Crippen molar-refractivity contribution in [3.05, 3.63) is 16.1 Å². The van der Waals surface area contributed by atoms with Crippen LogP contribution in [0.3, 0.4) is 0 Å². The lowest BCUT2D eigenvalue weighted by molar-refractivity contribution is -0.0971. The summed E-state index contributed by atoms with van der Waals surface area (Å²) in [6.45, 7) is 9.77. The topological polar surface area (TPSA) is 58.5 Å². The molecule has 0 bridgehead atoms. The molecule has 1 aromatic rings. The van der Waals surface area contributed by atoms with Crippen LogP contribution in [0.15, 0.2) is 10.4 Å². The number of guanidine groups is 1. The molecule has 2 N–H and O–H groups in total. The van der Waals surface area contributed by atoms with E-state index in [1.165, 1.54) is 0 Å². The Labute approximate surface area is 124 Å². The van der Waals surface area contributed by atoms with Gasteiger partial charge in [-0.1, -0.05) is 20.8 Å². The van der Waals surface area contributed by atoms with E-state index in [9.17, 15) is 0 Å². The van der Waals surface area contributed by atoms with Gasteiger partial charge in [0.05, 0.1) is 25.5 Å². The average molecular weight is 296 g/mol. The standard InChI is InChI=1S/C14H24N4OS/c1-10(2)11-6-20-12(18-11)5-16-13(15-4)17-7-14(3)8-19-9-14/h6,10H,5,7-9H2,1-4H3,(H2,15,16,17). The molecule has 20 heavy (non-hydrogen) atoms. The van der Waals surface area contributed by atoms with Crippen molar-refractivity contribution in [2.45, 2.75) is 33.2 Å². The van der Waals surface area contributed by atoms with Crippen LogP contribution in [0.25, 0.3) is 0 Å². The molecule has 0 aromatic carbocycles. The fourth-order valence-electron chi connectivity index (χ4n) is 1.90. The van der Waals surface area contributed by atoms with Crippen molar-refractivity contribution in [2.75, 3.05) is 26.8 Å². The van der Waals surface area contributed by atoms with Crippen LogP contribution >= 0.6 is 11.3 Å². The quantitative estimate of drug-likeness (QED) is 0.644. The fraction of sp³-hybridized carbons (Fsp3) is 0.714. The highest BCUT2D eigenvalue weighted by Gasteiger charge is 2.33. The predicted octanol–water partition coefficient (Wildman–Crippen LogP) is 1.97. The first-order valence-electron chi connectivity index (χ1n) is 6.99. The Morgan fingerprint density at radius 3 is 2.75 bits per heavy atom. The summed E-state index contributed by atoms with van der Waals surface area (Å²) in [7, 11) is 1.79. The number of nitrogens with one attached hydrogen (secondary N) is 2. The molecule has 1 aromatic heterocycles. The van der Waals surface area contributed by atoms with Gasteiger partial charge in [-0.2, -0.15) is 0 Å². The monoisotopic (exact) mass is 296 g/mol. The van der Waals surface area contributed by atoms with E-state index in [0.29, 0.717) is 12.5 Å². The molecule has 1 aliphatic heterocycles. The smallest absolute Gasteiger partial charge is 0.191 e. The largest absolute Gasteiger partial charge is 0.380 e. The van der Waals surface area contributed by atoms with E-state index in [1.54, 1.807) is 18.4 Å². The van der Waals surface area contributed by atoms with Crippen LogP contribution in [0, 0.1) is 5.41 Å². The summed E-state index contributed by atoms with van der Waals surface area (Å²) in [5, 5.41) is 9.87. The average Bonchev–Trinajstić information content (AvgIpc) is 2.86. The number of aromatic nitrogens is 1. The van der Waals surface area contributed by atoms with E-state index < -0.39 is 0 Å². The Balaban J connectivity index is 1.78. The van der Waals surface area contributed by atoms with Gasteiger partial charge in [-0.15, -0.1) is 11.3 Å². The first kappa shape index (κ1) is 15.3. The van der Waals surface area contributed by atoms with Crippen molar-refractivity contribution in [2.24, 2.45) is 10.4 Å². The Morgan fingerprint density at radius 2 is 2.25 bits per heavy atom. The van der Waals surface area contributed by atoms with Crippen LogP contribution in [0.5, 0.6) is 0 Å². The van der Waals surface area contributed by atoms with E-state index in [0.717, 1.165) is 36.4 Å². The lowest BCUT2D eigenvalue weighted by Crippen LogP contribution is -2.50. The Morgan fingerprint density at radius 1 is 1.50 bits per heavy atom. The number of aliphatic imine (C=N–C) groups is 1. The highest BCUT2D eigenvalue weighted by atomic mass is 32.1. The van der Waals surface area contributed by atoms with Gasteiger partial charge in [0.2, 0.25) is 0 Å². The van der Waals surface area contributed by atoms with Crippen LogP contribution in [0.1, 0.15) is 37.4 Å². The fourth-order valence-corrected chi connectivity index (χ4v) is 2.80. The molecule has 0 unspecified atom stereocenters. The van der Waals surface area contributed by atoms with Crippen LogP contribution in [-0.2, 0) is 11.3 Å². The number of thiazole rings is 1. The maximum atomic E-state index is 5.25. The number of hydrogen-bond donors (Lipinski definition) is 2. The lowest BCUT2D eigenvalue weighted by atomic mass is 9.89. The number of rotatable bonds is 5. The molecule has 6 heteroatoms. The Bertz CT molecular complexity index is 465. The summed E-state index contributed by atoms with van der Waals surface area (Å²) < 4.78 is 5.25. The van der Waals surface area contributed by atoms with E-state index >= 15 is 0 Å². The minimum Gasteiger partial charge on any atom is -0.380 e. The lowest BCUT2D eigenvalue weighted by Gasteiger charge is -2.38. The van der Waals surface area contributed by atoms with Crippen molar-refractivity contribution in [1.29, 1.82) is 0 Å². The number of hydrogen-bond acceptors (Lipinski definition) is 4. The zero-order chi connectivity index (χ0) is 14.6. The molecule has 5 nitrogen and oxygen atoms in total. The highest BCUT2D eigenvalue weighted by Crippen LogP contribution is 2.25. The summed E-state index contributed by atoms with van der Waals surface area (Å²) in [5.74, 6) is 1.30. The number of ether oxygens (including phenoxy) is 1. The molecule has 112 valence electrons. The number of nitrogens with zero attached hydrogens (tertiary/aromatic N) is 2. The summed E-state index contributed by atoms with van der Waals surface area (Å²) >= 11 is 1.69. The second-order valence-corrected chi connectivity index (χ2v) is 6.85. The summed E-state index contributed by atoms with van der Waals surface area (Å²) in [4.78, 5) is 8.84. The van der Waals surface area contributed by atoms with E-state index in [-0.39, 0.29) is 5.41 Å². The maximum absolute atomic E-state index is 5.25. The Hall–Kier alpha value is -1.14. The third-order valence-electron chi connectivity index (χ3n) is 3.38. The highest BCUT2D eigenvalue weighted by molar-refractivity contribution is 7.09. The van der Waals surface area contributed by atoms with Crippen molar-refractivity contribution in [1.82, 2.24) is 15.6 Å². The third-order valence-corrected chi connectivity index (χ3v) is 4.24. The van der Waals surface area contributed by atoms with Crippen molar-refractivity contribution < 1.29 is 4.74 Å². The van der Waals surface area contributed by atoms with Crippen molar-refractivity contribution in [3.63, 3.8) is 0 Å². The maximum Gasteiger partial charge on any atom is 0.191 e. The van der Waals surface area contributed by atoms with Gasteiger partial charge in [0, 0.05) is 24.4 Å². The molecule has 0 atom stereocenters. The van der Waals surface area contributed by atoms with Crippen LogP contribution in [-0.4, -0.2) is 37.7 Å². The van der Waals surface area contributed by atoms with Gasteiger partial charge in [-0.05, 0) is 5.92 Å². The molecule has 0 spiro atoms. The predicted molar refractivity (Wildman–Crippen MR) is 83.3 cm³/mol. The van der Waals surface area contributed by atoms with Crippen LogP contribution < -0.4 is 10.6 Å². The first-order chi connectivity index (χ1) is 9.52. The van der Waals surface area contributed by atoms with E-state index in [1.807, 2.05) is 0 Å². The van der Waals surface area contributed by atoms with Gasteiger partial charge in [-0.3, -0.25) is 4.99 Å². The van der Waals surface area contributed by atoms with E-state index in [4.69, 9.17) is 4.74 Å². The van der Waals surface area contributed by atoms with Gasteiger partial charge in [-0.25, -0.2) is 4.98 Å². The minimum absolute atomic E-state index is 0.240. The van der Waals surface area contributed by atoms with Gasteiger partial charge >= 0.3 is 0 Å². The summed E-state index contributed by atoms with van der Waals surface area (Å²) in [6, 6.07) is 0. The molecule has 0 radical (unpaired) electrons. The van der Waals surface area contributed by atoms with Crippen LogP contribution in [0.4, 0.5) is 0 Å². The molecule has 2 heterocycles.